The number of hydrogen-bond acceptors (Lipinski definition) is 2. The molecule has 0 bridgehead atoms. The average Bonchev–Trinajstić information content (AvgIpc) is 2.25. The summed E-state index contributed by atoms with van der Waals surface area (Å²) in [5.41, 5.74) is 6.01. The van der Waals surface area contributed by atoms with E-state index in [1.165, 1.54) is 0 Å². The van der Waals surface area contributed by atoms with E-state index in [0.717, 1.165) is 26.1 Å². The Hall–Kier alpha value is -0.770. The van der Waals surface area contributed by atoms with E-state index in [2.05, 4.69) is 42.6 Å². The Kier molecular flexibility index (Phi) is 4.39. The lowest BCUT2D eigenvalue weighted by molar-refractivity contribution is 0.283. The van der Waals surface area contributed by atoms with Crippen LogP contribution in [0.2, 0.25) is 0 Å². The average molecular weight is 212 g/mol. The molecule has 0 radical (unpaired) electrons. The number of likely N-dealkylation sites (N-methyl/N-ethyl adjacent to an activating group) is 1. The molecule has 4 heteroatoms. The Labute approximate surface area is 93.1 Å². The fourth-order valence-corrected chi connectivity index (χ4v) is 2.05. The molecule has 1 fully saturated rings. The maximum atomic E-state index is 6.01. The van der Waals surface area contributed by atoms with Crippen LogP contribution in [-0.4, -0.2) is 54.5 Å². The molecule has 1 heterocycles. The van der Waals surface area contributed by atoms with Crippen molar-refractivity contribution < 1.29 is 0 Å². The first kappa shape index (κ1) is 12.3. The van der Waals surface area contributed by atoms with Crippen LogP contribution in [0, 0.1) is 0 Å². The predicted octanol–water partition coefficient (Wildman–Crippen LogP) is 0.736. The molecule has 0 spiro atoms. The highest BCUT2D eigenvalue weighted by molar-refractivity contribution is 5.78. The van der Waals surface area contributed by atoms with Gasteiger partial charge in [0.1, 0.15) is 0 Å². The highest BCUT2D eigenvalue weighted by Crippen LogP contribution is 2.08. The van der Waals surface area contributed by atoms with Gasteiger partial charge in [0.15, 0.2) is 5.96 Å². The number of nitrogens with two attached hydrogens (primary N) is 1. The van der Waals surface area contributed by atoms with E-state index >= 15 is 0 Å². The molecule has 4 nitrogen and oxygen atoms in total. The van der Waals surface area contributed by atoms with E-state index in [9.17, 15) is 0 Å². The van der Waals surface area contributed by atoms with Gasteiger partial charge in [-0.3, -0.25) is 4.99 Å². The number of rotatable bonds is 1. The highest BCUT2D eigenvalue weighted by atomic mass is 15.3. The van der Waals surface area contributed by atoms with Crippen LogP contribution in [0.25, 0.3) is 0 Å². The fraction of sp³-hybridized carbons (Fsp3) is 0.909. The molecule has 88 valence electrons. The maximum absolute atomic E-state index is 6.01. The largest absolute Gasteiger partial charge is 0.370 e. The van der Waals surface area contributed by atoms with Gasteiger partial charge in [-0.15, -0.1) is 0 Å². The van der Waals surface area contributed by atoms with Gasteiger partial charge in [0.2, 0.25) is 0 Å². The molecular weight excluding hydrogens is 188 g/mol. The van der Waals surface area contributed by atoms with Gasteiger partial charge in [0, 0.05) is 25.2 Å². The first-order valence-corrected chi connectivity index (χ1v) is 5.79. The number of nitrogens with zero attached hydrogens (tertiary/aromatic N) is 3. The zero-order valence-electron chi connectivity index (χ0n) is 10.4. The number of hydrogen-bond donors (Lipinski definition) is 1. The minimum atomic E-state index is 0.276. The summed E-state index contributed by atoms with van der Waals surface area (Å²) in [5, 5.41) is 0. The monoisotopic (exact) mass is 212 g/mol. The van der Waals surface area contributed by atoms with E-state index in [4.69, 9.17) is 5.73 Å². The molecule has 1 unspecified atom stereocenters. The lowest BCUT2D eigenvalue weighted by atomic mass is 10.3. The van der Waals surface area contributed by atoms with E-state index < -0.39 is 0 Å². The van der Waals surface area contributed by atoms with E-state index in [-0.39, 0.29) is 6.04 Å². The van der Waals surface area contributed by atoms with Gasteiger partial charge >= 0.3 is 0 Å². The van der Waals surface area contributed by atoms with Gasteiger partial charge < -0.3 is 15.5 Å². The van der Waals surface area contributed by atoms with E-state index in [0.29, 0.717) is 12.0 Å². The van der Waals surface area contributed by atoms with Gasteiger partial charge in [-0.05, 0) is 40.8 Å². The molecule has 0 aromatic carbocycles. The molecule has 0 aromatic rings. The molecule has 1 rings (SSSR count). The summed E-state index contributed by atoms with van der Waals surface area (Å²) in [6, 6.07) is 0.734. The second kappa shape index (κ2) is 5.35. The molecule has 0 aliphatic carbocycles. The van der Waals surface area contributed by atoms with Crippen LogP contribution in [0.15, 0.2) is 4.99 Å². The summed E-state index contributed by atoms with van der Waals surface area (Å²) in [7, 11) is 2.16. The lowest BCUT2D eigenvalue weighted by Gasteiger charge is -2.29. The molecule has 15 heavy (non-hydrogen) atoms. The Balaban J connectivity index is 2.67. The molecule has 1 aliphatic rings. The van der Waals surface area contributed by atoms with Gasteiger partial charge in [0.25, 0.3) is 0 Å². The van der Waals surface area contributed by atoms with Crippen molar-refractivity contribution in [2.45, 2.75) is 39.3 Å². The standard InChI is InChI=1S/C11H24N4/c1-9(2)13-11(12)15-7-5-6-14(4)8-10(15)3/h9-10H,5-8H2,1-4H3,(H2,12,13). The molecule has 2 N–H and O–H groups in total. The summed E-state index contributed by atoms with van der Waals surface area (Å²) < 4.78 is 0. The first-order chi connectivity index (χ1) is 7.00. The summed E-state index contributed by atoms with van der Waals surface area (Å²) >= 11 is 0. The molecular formula is C11H24N4. The third kappa shape index (κ3) is 3.70. The third-order valence-electron chi connectivity index (χ3n) is 2.73. The SMILES string of the molecule is CC(C)N=C(N)N1CCCN(C)CC1C. The summed E-state index contributed by atoms with van der Waals surface area (Å²) in [6.07, 6.45) is 1.16. The Morgan fingerprint density at radius 1 is 1.40 bits per heavy atom. The number of guanidine groups is 1. The highest BCUT2D eigenvalue weighted by Gasteiger charge is 2.20. The van der Waals surface area contributed by atoms with Crippen molar-refractivity contribution in [1.82, 2.24) is 9.80 Å². The Bertz CT molecular complexity index is 225. The zero-order valence-corrected chi connectivity index (χ0v) is 10.4. The molecule has 0 aromatic heterocycles. The van der Waals surface area contributed by atoms with Crippen LogP contribution in [0.1, 0.15) is 27.2 Å². The molecule has 0 amide bonds. The molecule has 1 aliphatic heterocycles. The van der Waals surface area contributed by atoms with Gasteiger partial charge in [-0.1, -0.05) is 0 Å². The van der Waals surface area contributed by atoms with Crippen LogP contribution < -0.4 is 5.73 Å². The van der Waals surface area contributed by atoms with Crippen LogP contribution in [0.3, 0.4) is 0 Å². The van der Waals surface area contributed by atoms with Crippen LogP contribution in [0.5, 0.6) is 0 Å². The van der Waals surface area contributed by atoms with Crippen molar-refractivity contribution in [2.24, 2.45) is 10.7 Å². The Morgan fingerprint density at radius 3 is 2.67 bits per heavy atom. The zero-order chi connectivity index (χ0) is 11.4. The van der Waals surface area contributed by atoms with Crippen LogP contribution >= 0.6 is 0 Å². The smallest absolute Gasteiger partial charge is 0.191 e. The van der Waals surface area contributed by atoms with Gasteiger partial charge in [-0.2, -0.15) is 0 Å². The first-order valence-electron chi connectivity index (χ1n) is 5.79. The van der Waals surface area contributed by atoms with Crippen LogP contribution in [0.4, 0.5) is 0 Å². The fourth-order valence-electron chi connectivity index (χ4n) is 2.05. The normalized spacial score (nSPS) is 25.8. The topological polar surface area (TPSA) is 44.9 Å². The van der Waals surface area contributed by atoms with Crippen molar-refractivity contribution in [1.29, 1.82) is 0 Å². The van der Waals surface area contributed by atoms with Crippen molar-refractivity contribution in [3.8, 4) is 0 Å². The van der Waals surface area contributed by atoms with Crippen LogP contribution in [-0.2, 0) is 0 Å². The summed E-state index contributed by atoms with van der Waals surface area (Å²) in [6.45, 7) is 9.56. The maximum Gasteiger partial charge on any atom is 0.191 e. The minimum Gasteiger partial charge on any atom is -0.370 e. The van der Waals surface area contributed by atoms with Crippen molar-refractivity contribution >= 4 is 5.96 Å². The molecule has 0 saturated carbocycles. The van der Waals surface area contributed by atoms with Gasteiger partial charge in [0.05, 0.1) is 0 Å². The van der Waals surface area contributed by atoms with Crippen molar-refractivity contribution in [2.75, 3.05) is 26.7 Å². The van der Waals surface area contributed by atoms with Gasteiger partial charge in [-0.25, -0.2) is 0 Å². The lowest BCUT2D eigenvalue weighted by Crippen LogP contribution is -2.46. The Morgan fingerprint density at radius 2 is 2.07 bits per heavy atom. The summed E-state index contributed by atoms with van der Waals surface area (Å²) in [4.78, 5) is 9.00. The third-order valence-corrected chi connectivity index (χ3v) is 2.73. The molecule has 1 saturated heterocycles. The van der Waals surface area contributed by atoms with Crippen molar-refractivity contribution in [3.05, 3.63) is 0 Å². The molecule has 1 atom stereocenters. The second-order valence-corrected chi connectivity index (χ2v) is 4.74. The number of aliphatic imine (C=N–C) groups is 1. The summed E-state index contributed by atoms with van der Waals surface area (Å²) in [5.74, 6) is 0.702. The van der Waals surface area contributed by atoms with E-state index in [1.807, 2.05) is 0 Å². The quantitative estimate of drug-likeness (QED) is 0.515. The minimum absolute atomic E-state index is 0.276. The second-order valence-electron chi connectivity index (χ2n) is 4.74. The predicted molar refractivity (Wildman–Crippen MR) is 65.0 cm³/mol. The van der Waals surface area contributed by atoms with E-state index in [1.54, 1.807) is 0 Å². The van der Waals surface area contributed by atoms with Crippen molar-refractivity contribution in [3.63, 3.8) is 0 Å².